The summed E-state index contributed by atoms with van der Waals surface area (Å²) in [5, 5.41) is 90.5. The topological polar surface area (TPSA) is 245 Å². The molecule has 2 aliphatic heterocycles. The Hall–Kier alpha value is -3.51. The molecule has 9 N–H and O–H groups in total. The average Bonchev–Trinajstić information content (AvgIpc) is 2.99. The second-order valence-corrected chi connectivity index (χ2v) is 10.4. The second kappa shape index (κ2) is 14.5. The predicted octanol–water partition coefficient (Wildman–Crippen LogP) is -1.02. The Balaban J connectivity index is 1.52. The van der Waals surface area contributed by atoms with E-state index in [9.17, 15) is 50.8 Å². The van der Waals surface area contributed by atoms with Crippen molar-refractivity contribution in [3.63, 3.8) is 0 Å². The molecule has 2 aliphatic rings. The molecule has 2 heterocycles. The fourth-order valence-corrected chi connectivity index (χ4v) is 4.76. The molecule has 0 aromatic heterocycles. The summed E-state index contributed by atoms with van der Waals surface area (Å²) in [6, 6.07) is 7.98. The van der Waals surface area contributed by atoms with E-state index in [-0.39, 0.29) is 30.3 Å². The SMILES string of the molecule is C[C@H]1O[C@@H](O[C@H]2[C@@H](O)[C@H](OCCc3ccc(O)c(O)c3)O[C@H](CO)[C@H]2OC(=O)C=Cc2ccc(O)c(O)c2)[C@H](O)[C@H](O)[C@H]1O. The summed E-state index contributed by atoms with van der Waals surface area (Å²) in [6.45, 7) is 0.606. The van der Waals surface area contributed by atoms with Crippen LogP contribution in [0, 0.1) is 0 Å². The monoisotopic (exact) mass is 624 g/mol. The number of benzene rings is 2. The van der Waals surface area contributed by atoms with Crippen molar-refractivity contribution in [2.45, 2.75) is 74.8 Å². The minimum atomic E-state index is -1.77. The third-order valence-electron chi connectivity index (χ3n) is 7.27. The summed E-state index contributed by atoms with van der Waals surface area (Å²) >= 11 is 0. The maximum absolute atomic E-state index is 12.8. The molecular formula is C29H36O15. The molecule has 0 aliphatic carbocycles. The number of aliphatic hydroxyl groups excluding tert-OH is 5. The van der Waals surface area contributed by atoms with Gasteiger partial charge in [0, 0.05) is 6.08 Å². The fraction of sp³-hybridized carbons (Fsp3) is 0.483. The molecule has 10 atom stereocenters. The molecule has 2 fully saturated rings. The first-order valence-electron chi connectivity index (χ1n) is 13.7. The Kier molecular flexibility index (Phi) is 11.0. The van der Waals surface area contributed by atoms with Gasteiger partial charge in [0.25, 0.3) is 0 Å². The Bertz CT molecular complexity index is 1300. The maximum Gasteiger partial charge on any atom is 0.331 e. The van der Waals surface area contributed by atoms with E-state index in [1.54, 1.807) is 6.07 Å². The lowest BCUT2D eigenvalue weighted by atomic mass is 9.97. The molecule has 2 aromatic carbocycles. The number of phenolic OH excluding ortho intramolecular Hbond substituents is 4. The van der Waals surface area contributed by atoms with Gasteiger partial charge in [0.15, 0.2) is 41.7 Å². The number of ether oxygens (including phenoxy) is 5. The van der Waals surface area contributed by atoms with E-state index in [0.717, 1.165) is 6.08 Å². The van der Waals surface area contributed by atoms with Crippen LogP contribution in [0.4, 0.5) is 0 Å². The molecule has 15 nitrogen and oxygen atoms in total. The molecule has 242 valence electrons. The first kappa shape index (κ1) is 33.4. The maximum atomic E-state index is 12.8. The lowest BCUT2D eigenvalue weighted by Crippen LogP contribution is -2.65. The van der Waals surface area contributed by atoms with Crippen molar-refractivity contribution in [3.05, 3.63) is 53.6 Å². The molecule has 0 bridgehead atoms. The highest BCUT2D eigenvalue weighted by molar-refractivity contribution is 5.87. The highest BCUT2D eigenvalue weighted by Crippen LogP contribution is 2.32. The third kappa shape index (κ3) is 7.76. The summed E-state index contributed by atoms with van der Waals surface area (Å²) < 4.78 is 28.2. The first-order chi connectivity index (χ1) is 20.9. The summed E-state index contributed by atoms with van der Waals surface area (Å²) in [5.41, 5.74) is 0.914. The fourth-order valence-electron chi connectivity index (χ4n) is 4.76. The standard InChI is InChI=1S/C29H36O15/c1-13-22(36)23(37)24(38)29(41-13)44-27-25(39)28(40-9-8-15-3-6-17(32)19(34)11-15)42-20(12-30)26(27)43-21(35)7-4-14-2-5-16(31)18(33)10-14/h2-7,10-11,13,20,22-34,36-39H,8-9,12H2,1H3/t13-,20-,22+,23-,24-,25-,26-,27+,28-,29+/m1/s1. The predicted molar refractivity (Wildman–Crippen MR) is 147 cm³/mol. The number of phenols is 4. The Labute approximate surface area is 251 Å². The van der Waals surface area contributed by atoms with Gasteiger partial charge >= 0.3 is 5.97 Å². The van der Waals surface area contributed by atoms with E-state index < -0.39 is 79.7 Å². The largest absolute Gasteiger partial charge is 0.504 e. The average molecular weight is 625 g/mol. The number of hydrogen-bond donors (Lipinski definition) is 9. The molecule has 4 rings (SSSR count). The van der Waals surface area contributed by atoms with Crippen LogP contribution in [0.1, 0.15) is 18.1 Å². The number of esters is 1. The number of rotatable bonds is 10. The van der Waals surface area contributed by atoms with Crippen LogP contribution in [0.2, 0.25) is 0 Å². The van der Waals surface area contributed by atoms with Crippen LogP contribution in [0.5, 0.6) is 23.0 Å². The number of carbonyl (C=O) groups excluding carboxylic acids is 1. The molecule has 0 saturated carbocycles. The van der Waals surface area contributed by atoms with Crippen molar-refractivity contribution in [1.82, 2.24) is 0 Å². The summed E-state index contributed by atoms with van der Waals surface area (Å²) in [4.78, 5) is 12.8. The number of aliphatic hydroxyl groups is 5. The van der Waals surface area contributed by atoms with Crippen LogP contribution < -0.4 is 0 Å². The van der Waals surface area contributed by atoms with Crippen molar-refractivity contribution in [2.75, 3.05) is 13.2 Å². The summed E-state index contributed by atoms with van der Waals surface area (Å²) in [5.74, 6) is -2.40. The first-order valence-corrected chi connectivity index (χ1v) is 13.7. The minimum Gasteiger partial charge on any atom is -0.504 e. The van der Waals surface area contributed by atoms with Crippen LogP contribution in [-0.2, 0) is 34.9 Å². The molecule has 0 radical (unpaired) electrons. The molecule has 0 unspecified atom stereocenters. The van der Waals surface area contributed by atoms with E-state index >= 15 is 0 Å². The van der Waals surface area contributed by atoms with Gasteiger partial charge in [-0.05, 0) is 54.8 Å². The number of hydrogen-bond acceptors (Lipinski definition) is 15. The van der Waals surface area contributed by atoms with Gasteiger partial charge in [-0.15, -0.1) is 0 Å². The highest BCUT2D eigenvalue weighted by Gasteiger charge is 2.52. The van der Waals surface area contributed by atoms with E-state index in [1.165, 1.54) is 43.3 Å². The van der Waals surface area contributed by atoms with Gasteiger partial charge < -0.3 is 69.6 Å². The van der Waals surface area contributed by atoms with Gasteiger partial charge in [-0.3, -0.25) is 0 Å². The number of carbonyl (C=O) groups is 1. The lowest BCUT2D eigenvalue weighted by Gasteiger charge is -2.46. The molecular weight excluding hydrogens is 588 g/mol. The molecule has 15 heteroatoms. The summed E-state index contributed by atoms with van der Waals surface area (Å²) in [7, 11) is 0. The molecule has 0 amide bonds. The van der Waals surface area contributed by atoms with Gasteiger partial charge in [-0.25, -0.2) is 4.79 Å². The third-order valence-corrected chi connectivity index (χ3v) is 7.27. The van der Waals surface area contributed by atoms with Gasteiger partial charge in [-0.1, -0.05) is 12.1 Å². The van der Waals surface area contributed by atoms with Crippen LogP contribution in [0.15, 0.2) is 42.5 Å². The van der Waals surface area contributed by atoms with Gasteiger partial charge in [0.05, 0.1) is 19.3 Å². The van der Waals surface area contributed by atoms with Crippen LogP contribution >= 0.6 is 0 Å². The van der Waals surface area contributed by atoms with Crippen molar-refractivity contribution in [1.29, 1.82) is 0 Å². The Morgan fingerprint density at radius 2 is 1.50 bits per heavy atom. The van der Waals surface area contributed by atoms with E-state index in [1.807, 2.05) is 0 Å². The smallest absolute Gasteiger partial charge is 0.331 e. The van der Waals surface area contributed by atoms with E-state index in [2.05, 4.69) is 0 Å². The van der Waals surface area contributed by atoms with E-state index in [4.69, 9.17) is 23.7 Å². The Morgan fingerprint density at radius 1 is 0.818 bits per heavy atom. The zero-order valence-corrected chi connectivity index (χ0v) is 23.5. The van der Waals surface area contributed by atoms with Gasteiger partial charge in [-0.2, -0.15) is 0 Å². The lowest BCUT2D eigenvalue weighted by molar-refractivity contribution is -0.357. The van der Waals surface area contributed by atoms with Gasteiger partial charge in [0.1, 0.15) is 36.6 Å². The quantitative estimate of drug-likeness (QED) is 0.0873. The van der Waals surface area contributed by atoms with Crippen molar-refractivity contribution >= 4 is 12.0 Å². The van der Waals surface area contributed by atoms with Gasteiger partial charge in [0.2, 0.25) is 0 Å². The summed E-state index contributed by atoms with van der Waals surface area (Å²) in [6.07, 6.45) is -12.6. The van der Waals surface area contributed by atoms with Crippen LogP contribution in [0.3, 0.4) is 0 Å². The van der Waals surface area contributed by atoms with Crippen LogP contribution in [-0.4, -0.2) is 127 Å². The van der Waals surface area contributed by atoms with E-state index in [0.29, 0.717) is 11.1 Å². The van der Waals surface area contributed by atoms with Crippen LogP contribution in [0.25, 0.3) is 6.08 Å². The normalized spacial score (nSPS) is 32.5. The molecule has 2 saturated heterocycles. The number of aromatic hydroxyl groups is 4. The highest BCUT2D eigenvalue weighted by atomic mass is 16.7. The second-order valence-electron chi connectivity index (χ2n) is 10.4. The molecule has 44 heavy (non-hydrogen) atoms. The Morgan fingerprint density at radius 3 is 2.16 bits per heavy atom. The molecule has 0 spiro atoms. The minimum absolute atomic E-state index is 0.0754. The van der Waals surface area contributed by atoms with Crippen molar-refractivity contribution < 1.29 is 74.4 Å². The zero-order valence-electron chi connectivity index (χ0n) is 23.5. The van der Waals surface area contributed by atoms with Crippen molar-refractivity contribution in [3.8, 4) is 23.0 Å². The molecule has 2 aromatic rings. The zero-order chi connectivity index (χ0) is 32.1. The van der Waals surface area contributed by atoms with Crippen molar-refractivity contribution in [2.24, 2.45) is 0 Å².